The van der Waals surface area contributed by atoms with Crippen molar-refractivity contribution in [2.24, 2.45) is 0 Å². The summed E-state index contributed by atoms with van der Waals surface area (Å²) in [6, 6.07) is 16.0. The first-order valence-corrected chi connectivity index (χ1v) is 9.57. The maximum Gasteiger partial charge on any atom is 0.338 e. The van der Waals surface area contributed by atoms with Crippen molar-refractivity contribution >= 4 is 29.3 Å². The van der Waals surface area contributed by atoms with Crippen molar-refractivity contribution in [1.82, 2.24) is 0 Å². The SMILES string of the molecule is CCOC(=O)c1ccc(NC(=O)C(C#N)=Cc2ccc(N(CC)CC)cc2)cc1. The van der Waals surface area contributed by atoms with E-state index in [1.807, 2.05) is 30.3 Å². The number of anilines is 2. The van der Waals surface area contributed by atoms with Crippen LogP contribution in [0.1, 0.15) is 36.7 Å². The Balaban J connectivity index is 2.10. The first kappa shape index (κ1) is 21.7. The smallest absolute Gasteiger partial charge is 0.338 e. The van der Waals surface area contributed by atoms with Gasteiger partial charge in [-0.2, -0.15) is 5.26 Å². The highest BCUT2D eigenvalue weighted by molar-refractivity contribution is 6.09. The van der Waals surface area contributed by atoms with Crippen molar-refractivity contribution in [2.45, 2.75) is 20.8 Å². The minimum absolute atomic E-state index is 0.00458. The molecule has 0 aromatic heterocycles. The normalized spacial score (nSPS) is 10.8. The van der Waals surface area contributed by atoms with Crippen molar-refractivity contribution in [3.8, 4) is 6.07 Å². The zero-order valence-electron chi connectivity index (χ0n) is 16.9. The van der Waals surface area contributed by atoms with E-state index < -0.39 is 11.9 Å². The molecule has 2 aromatic rings. The molecule has 0 aliphatic rings. The number of nitriles is 1. The van der Waals surface area contributed by atoms with Crippen molar-refractivity contribution in [2.75, 3.05) is 29.9 Å². The molecule has 0 saturated carbocycles. The molecule has 0 bridgehead atoms. The van der Waals surface area contributed by atoms with E-state index in [4.69, 9.17) is 4.74 Å². The number of nitrogens with zero attached hydrogens (tertiary/aromatic N) is 2. The summed E-state index contributed by atoms with van der Waals surface area (Å²) < 4.78 is 4.93. The summed E-state index contributed by atoms with van der Waals surface area (Å²) in [5.41, 5.74) is 2.74. The van der Waals surface area contributed by atoms with Crippen LogP contribution in [0.2, 0.25) is 0 Å². The van der Waals surface area contributed by atoms with Gasteiger partial charge in [0.25, 0.3) is 5.91 Å². The van der Waals surface area contributed by atoms with Crippen LogP contribution < -0.4 is 10.2 Å². The van der Waals surface area contributed by atoms with Gasteiger partial charge in [0.1, 0.15) is 11.6 Å². The third kappa shape index (κ3) is 5.94. The lowest BCUT2D eigenvalue weighted by Crippen LogP contribution is -2.21. The molecule has 0 spiro atoms. The molecule has 0 heterocycles. The minimum atomic E-state index is -0.510. The number of ether oxygens (including phenoxy) is 1. The number of hydrogen-bond donors (Lipinski definition) is 1. The highest BCUT2D eigenvalue weighted by atomic mass is 16.5. The Labute approximate surface area is 171 Å². The Hall–Kier alpha value is -3.59. The van der Waals surface area contributed by atoms with Gasteiger partial charge in [0.2, 0.25) is 0 Å². The van der Waals surface area contributed by atoms with E-state index >= 15 is 0 Å². The Bertz CT molecular complexity index is 906. The summed E-state index contributed by atoms with van der Waals surface area (Å²) in [6.45, 7) is 8.03. The van der Waals surface area contributed by atoms with Crippen LogP contribution in [0.3, 0.4) is 0 Å². The van der Waals surface area contributed by atoms with Gasteiger partial charge in [0, 0.05) is 24.5 Å². The molecule has 29 heavy (non-hydrogen) atoms. The predicted molar refractivity (Wildman–Crippen MR) is 115 cm³/mol. The monoisotopic (exact) mass is 391 g/mol. The lowest BCUT2D eigenvalue weighted by Gasteiger charge is -2.20. The number of carbonyl (C=O) groups excluding carboxylic acids is 2. The largest absolute Gasteiger partial charge is 0.462 e. The fraction of sp³-hybridized carbons (Fsp3) is 0.261. The van der Waals surface area contributed by atoms with Crippen LogP contribution in [0.25, 0.3) is 6.08 Å². The Kier molecular flexibility index (Phi) is 7.99. The van der Waals surface area contributed by atoms with E-state index in [0.717, 1.165) is 24.3 Å². The predicted octanol–water partition coefficient (Wildman–Crippen LogP) is 4.26. The maximum absolute atomic E-state index is 12.4. The Morgan fingerprint density at radius 2 is 1.66 bits per heavy atom. The lowest BCUT2D eigenvalue weighted by molar-refractivity contribution is -0.112. The van der Waals surface area contributed by atoms with Gasteiger partial charge in [-0.1, -0.05) is 12.1 Å². The maximum atomic E-state index is 12.4. The van der Waals surface area contributed by atoms with Gasteiger partial charge < -0.3 is 15.0 Å². The summed E-state index contributed by atoms with van der Waals surface area (Å²) in [5.74, 6) is -0.930. The van der Waals surface area contributed by atoms with Crippen LogP contribution in [-0.2, 0) is 9.53 Å². The third-order valence-electron chi connectivity index (χ3n) is 4.35. The molecule has 150 valence electrons. The van der Waals surface area contributed by atoms with Crippen molar-refractivity contribution in [3.05, 3.63) is 65.2 Å². The lowest BCUT2D eigenvalue weighted by atomic mass is 10.1. The highest BCUT2D eigenvalue weighted by Crippen LogP contribution is 2.17. The quantitative estimate of drug-likeness (QED) is 0.413. The molecule has 2 rings (SSSR count). The van der Waals surface area contributed by atoms with Crippen LogP contribution in [0.15, 0.2) is 54.1 Å². The second-order valence-electron chi connectivity index (χ2n) is 6.19. The van der Waals surface area contributed by atoms with Gasteiger partial charge in [-0.3, -0.25) is 4.79 Å². The average molecular weight is 391 g/mol. The van der Waals surface area contributed by atoms with Crippen molar-refractivity contribution < 1.29 is 14.3 Å². The first-order valence-electron chi connectivity index (χ1n) is 9.57. The molecule has 0 radical (unpaired) electrons. The number of esters is 1. The number of benzene rings is 2. The molecule has 0 atom stereocenters. The molecule has 1 N–H and O–H groups in total. The van der Waals surface area contributed by atoms with E-state index in [2.05, 4.69) is 24.1 Å². The number of hydrogen-bond acceptors (Lipinski definition) is 5. The summed E-state index contributed by atoms with van der Waals surface area (Å²) in [6.07, 6.45) is 1.55. The Morgan fingerprint density at radius 3 is 2.17 bits per heavy atom. The van der Waals surface area contributed by atoms with Crippen LogP contribution in [0.5, 0.6) is 0 Å². The van der Waals surface area contributed by atoms with Crippen LogP contribution in [-0.4, -0.2) is 31.6 Å². The van der Waals surface area contributed by atoms with Gasteiger partial charge in [-0.05, 0) is 68.8 Å². The third-order valence-corrected chi connectivity index (χ3v) is 4.35. The minimum Gasteiger partial charge on any atom is -0.462 e. The summed E-state index contributed by atoms with van der Waals surface area (Å²) in [7, 11) is 0. The zero-order chi connectivity index (χ0) is 21.2. The van der Waals surface area contributed by atoms with Gasteiger partial charge in [-0.25, -0.2) is 4.79 Å². The second kappa shape index (κ2) is 10.7. The molecule has 6 nitrogen and oxygen atoms in total. The molecule has 0 aliphatic heterocycles. The van der Waals surface area contributed by atoms with E-state index in [0.29, 0.717) is 17.9 Å². The molecule has 0 unspecified atom stereocenters. The van der Waals surface area contributed by atoms with Crippen molar-refractivity contribution in [3.63, 3.8) is 0 Å². The van der Waals surface area contributed by atoms with Gasteiger partial charge in [-0.15, -0.1) is 0 Å². The number of amides is 1. The molecular weight excluding hydrogens is 366 g/mol. The molecule has 0 saturated heterocycles. The van der Waals surface area contributed by atoms with Crippen LogP contribution in [0.4, 0.5) is 11.4 Å². The molecule has 2 aromatic carbocycles. The highest BCUT2D eigenvalue weighted by Gasteiger charge is 2.11. The molecular formula is C23H25N3O3. The topological polar surface area (TPSA) is 82.4 Å². The fourth-order valence-electron chi connectivity index (χ4n) is 2.79. The summed E-state index contributed by atoms with van der Waals surface area (Å²) in [5, 5.41) is 12.1. The Morgan fingerprint density at radius 1 is 1.03 bits per heavy atom. The molecule has 1 amide bonds. The van der Waals surface area contributed by atoms with Gasteiger partial charge in [0.05, 0.1) is 12.2 Å². The van der Waals surface area contributed by atoms with E-state index in [9.17, 15) is 14.9 Å². The first-order chi connectivity index (χ1) is 14.0. The fourth-order valence-corrected chi connectivity index (χ4v) is 2.79. The van der Waals surface area contributed by atoms with E-state index in [-0.39, 0.29) is 5.57 Å². The number of nitrogens with one attached hydrogen (secondary N) is 1. The standard InChI is InChI=1S/C23H25N3O3/c1-4-26(5-2)21-13-7-17(8-14-21)15-19(16-24)22(27)25-20-11-9-18(10-12-20)23(28)29-6-3/h7-15H,4-6H2,1-3H3,(H,25,27). The van der Waals surface area contributed by atoms with Gasteiger partial charge >= 0.3 is 5.97 Å². The summed E-state index contributed by atoms with van der Waals surface area (Å²) >= 11 is 0. The summed E-state index contributed by atoms with van der Waals surface area (Å²) in [4.78, 5) is 26.3. The molecule has 0 fully saturated rings. The second-order valence-corrected chi connectivity index (χ2v) is 6.19. The average Bonchev–Trinajstić information content (AvgIpc) is 2.74. The van der Waals surface area contributed by atoms with E-state index in [1.165, 1.54) is 0 Å². The molecule has 0 aliphatic carbocycles. The zero-order valence-corrected chi connectivity index (χ0v) is 16.9. The number of rotatable bonds is 8. The van der Waals surface area contributed by atoms with Crippen LogP contribution >= 0.6 is 0 Å². The van der Waals surface area contributed by atoms with Gasteiger partial charge in [0.15, 0.2) is 0 Å². The van der Waals surface area contributed by atoms with Crippen molar-refractivity contribution in [1.29, 1.82) is 5.26 Å². The number of carbonyl (C=O) groups is 2. The molecule has 6 heteroatoms. The van der Waals surface area contributed by atoms with E-state index in [1.54, 1.807) is 37.3 Å². The van der Waals surface area contributed by atoms with Crippen LogP contribution in [0, 0.1) is 11.3 Å².